The van der Waals surface area contributed by atoms with E-state index < -0.39 is 0 Å². The molecule has 3 rings (SSSR count). The lowest BCUT2D eigenvalue weighted by Gasteiger charge is -2.10. The normalized spacial score (nSPS) is 10.3. The molecule has 1 aromatic carbocycles. The second kappa shape index (κ2) is 7.26. The van der Waals surface area contributed by atoms with E-state index in [9.17, 15) is 0 Å². The van der Waals surface area contributed by atoms with Gasteiger partial charge in [0.1, 0.15) is 11.6 Å². The Morgan fingerprint density at radius 2 is 1.91 bits per heavy atom. The summed E-state index contributed by atoms with van der Waals surface area (Å²) in [6.45, 7) is 4.88. The Morgan fingerprint density at radius 1 is 1.04 bits per heavy atom. The van der Waals surface area contributed by atoms with Crippen molar-refractivity contribution in [1.29, 1.82) is 0 Å². The maximum atomic E-state index is 5.33. The zero-order valence-electron chi connectivity index (χ0n) is 12.7. The highest BCUT2D eigenvalue weighted by Gasteiger charge is 2.07. The predicted molar refractivity (Wildman–Crippen MR) is 92.2 cm³/mol. The molecule has 0 unspecified atom stereocenters. The summed E-state index contributed by atoms with van der Waals surface area (Å²) in [6, 6.07) is 15.7. The summed E-state index contributed by atoms with van der Waals surface area (Å²) in [7, 11) is 0. The summed E-state index contributed by atoms with van der Waals surface area (Å²) < 4.78 is 5.33. The highest BCUT2D eigenvalue weighted by Crippen LogP contribution is 2.21. The third-order valence-electron chi connectivity index (χ3n) is 3.22. The molecule has 0 saturated heterocycles. The van der Waals surface area contributed by atoms with E-state index in [-0.39, 0.29) is 0 Å². The zero-order valence-corrected chi connectivity index (χ0v) is 12.7. The van der Waals surface area contributed by atoms with Crippen LogP contribution in [0.3, 0.4) is 0 Å². The average Bonchev–Trinajstić information content (AvgIpc) is 3.12. The summed E-state index contributed by atoms with van der Waals surface area (Å²) in [6.07, 6.45) is 3.43. The number of anilines is 2. The molecule has 0 radical (unpaired) electrons. The van der Waals surface area contributed by atoms with E-state index in [1.807, 2.05) is 48.5 Å². The smallest absolute Gasteiger partial charge is 0.225 e. The topological polar surface area (TPSA) is 63.0 Å². The molecule has 0 aliphatic rings. The summed E-state index contributed by atoms with van der Waals surface area (Å²) in [5, 5.41) is 6.40. The Hall–Kier alpha value is -3.08. The molecule has 0 aliphatic heterocycles. The van der Waals surface area contributed by atoms with Gasteiger partial charge in [-0.3, -0.25) is 0 Å². The van der Waals surface area contributed by atoms with Crippen molar-refractivity contribution in [1.82, 2.24) is 9.97 Å². The molecule has 0 fully saturated rings. The molecule has 0 bridgehead atoms. The van der Waals surface area contributed by atoms with Crippen LogP contribution in [0.5, 0.6) is 0 Å². The maximum Gasteiger partial charge on any atom is 0.225 e. The third kappa shape index (κ3) is 3.97. The molecule has 0 amide bonds. The molecule has 5 nitrogen and oxygen atoms in total. The molecule has 23 heavy (non-hydrogen) atoms. The van der Waals surface area contributed by atoms with Crippen LogP contribution >= 0.6 is 0 Å². The van der Waals surface area contributed by atoms with Crippen LogP contribution in [0.4, 0.5) is 11.8 Å². The van der Waals surface area contributed by atoms with Gasteiger partial charge < -0.3 is 15.1 Å². The largest absolute Gasteiger partial charge is 0.467 e. The summed E-state index contributed by atoms with van der Waals surface area (Å²) in [5.74, 6) is 2.15. The van der Waals surface area contributed by atoms with Gasteiger partial charge in [-0.25, -0.2) is 4.98 Å². The number of benzene rings is 1. The van der Waals surface area contributed by atoms with Crippen molar-refractivity contribution in [2.75, 3.05) is 17.2 Å². The second-order valence-corrected chi connectivity index (χ2v) is 4.93. The van der Waals surface area contributed by atoms with E-state index in [0.717, 1.165) is 22.8 Å². The molecular formula is C18H18N4O. The summed E-state index contributed by atoms with van der Waals surface area (Å²) in [5.41, 5.74) is 1.90. The molecule has 2 aromatic heterocycles. The molecule has 0 aliphatic carbocycles. The van der Waals surface area contributed by atoms with Gasteiger partial charge in [0.15, 0.2) is 0 Å². The van der Waals surface area contributed by atoms with E-state index in [4.69, 9.17) is 4.42 Å². The van der Waals surface area contributed by atoms with Crippen molar-refractivity contribution in [3.05, 3.63) is 73.2 Å². The number of hydrogen-bond acceptors (Lipinski definition) is 5. The minimum Gasteiger partial charge on any atom is -0.467 e. The Morgan fingerprint density at radius 3 is 2.65 bits per heavy atom. The monoisotopic (exact) mass is 306 g/mol. The second-order valence-electron chi connectivity index (χ2n) is 4.93. The van der Waals surface area contributed by atoms with Gasteiger partial charge in [-0.15, -0.1) is 6.58 Å². The maximum absolute atomic E-state index is 5.33. The van der Waals surface area contributed by atoms with Crippen LogP contribution in [0, 0.1) is 0 Å². The molecule has 3 aromatic rings. The number of nitrogens with zero attached hydrogens (tertiary/aromatic N) is 2. The van der Waals surface area contributed by atoms with Crippen LogP contribution < -0.4 is 10.6 Å². The van der Waals surface area contributed by atoms with E-state index in [0.29, 0.717) is 19.0 Å². The van der Waals surface area contributed by atoms with Gasteiger partial charge in [0.25, 0.3) is 0 Å². The van der Waals surface area contributed by atoms with Gasteiger partial charge in [-0.2, -0.15) is 4.98 Å². The molecular weight excluding hydrogens is 288 g/mol. The van der Waals surface area contributed by atoms with Gasteiger partial charge in [-0.1, -0.05) is 36.4 Å². The first-order valence-electron chi connectivity index (χ1n) is 7.40. The molecule has 116 valence electrons. The average molecular weight is 306 g/mol. The van der Waals surface area contributed by atoms with Gasteiger partial charge in [0.2, 0.25) is 5.95 Å². The number of rotatable bonds is 7. The standard InChI is InChI=1S/C18H18N4O/c1-2-10-19-18-21-16(14-7-4-3-5-8-14)12-17(22-18)20-13-15-9-6-11-23-15/h2-9,11-12H,1,10,13H2,(H2,19,20,21,22). The van der Waals surface area contributed by atoms with Crippen molar-refractivity contribution >= 4 is 11.8 Å². The Bertz CT molecular complexity index is 754. The Balaban J connectivity index is 1.86. The van der Waals surface area contributed by atoms with E-state index in [1.54, 1.807) is 12.3 Å². The van der Waals surface area contributed by atoms with Crippen LogP contribution in [0.15, 0.2) is 71.9 Å². The zero-order chi connectivity index (χ0) is 15.9. The van der Waals surface area contributed by atoms with Crippen molar-refractivity contribution in [3.63, 3.8) is 0 Å². The highest BCUT2D eigenvalue weighted by atomic mass is 16.3. The van der Waals surface area contributed by atoms with Crippen molar-refractivity contribution in [2.24, 2.45) is 0 Å². The summed E-state index contributed by atoms with van der Waals surface area (Å²) >= 11 is 0. The van der Waals surface area contributed by atoms with Crippen molar-refractivity contribution < 1.29 is 4.42 Å². The molecule has 5 heteroatoms. The number of furan rings is 1. The number of aromatic nitrogens is 2. The SMILES string of the molecule is C=CCNc1nc(NCc2ccco2)cc(-c2ccccc2)n1. The molecule has 0 spiro atoms. The lowest BCUT2D eigenvalue weighted by atomic mass is 10.1. The molecule has 2 N–H and O–H groups in total. The molecule has 2 heterocycles. The number of nitrogens with one attached hydrogen (secondary N) is 2. The highest BCUT2D eigenvalue weighted by molar-refractivity contribution is 5.64. The number of hydrogen-bond donors (Lipinski definition) is 2. The van der Waals surface area contributed by atoms with Gasteiger partial charge >= 0.3 is 0 Å². The third-order valence-corrected chi connectivity index (χ3v) is 3.22. The molecule has 0 atom stereocenters. The minimum absolute atomic E-state index is 0.563. The Kier molecular flexibility index (Phi) is 4.69. The lowest BCUT2D eigenvalue weighted by molar-refractivity contribution is 0.518. The van der Waals surface area contributed by atoms with Crippen LogP contribution in [0.1, 0.15) is 5.76 Å². The first kappa shape index (κ1) is 14.8. The van der Waals surface area contributed by atoms with Crippen LogP contribution in [-0.4, -0.2) is 16.5 Å². The fourth-order valence-electron chi connectivity index (χ4n) is 2.13. The van der Waals surface area contributed by atoms with E-state index >= 15 is 0 Å². The van der Waals surface area contributed by atoms with Gasteiger partial charge in [0.05, 0.1) is 18.5 Å². The minimum atomic E-state index is 0.563. The lowest BCUT2D eigenvalue weighted by Crippen LogP contribution is -2.07. The van der Waals surface area contributed by atoms with E-state index in [1.165, 1.54) is 0 Å². The van der Waals surface area contributed by atoms with Crippen molar-refractivity contribution in [3.8, 4) is 11.3 Å². The van der Waals surface area contributed by atoms with Gasteiger partial charge in [0, 0.05) is 18.2 Å². The quantitative estimate of drug-likeness (QED) is 0.647. The first-order chi connectivity index (χ1) is 11.3. The summed E-state index contributed by atoms with van der Waals surface area (Å²) in [4.78, 5) is 9.03. The van der Waals surface area contributed by atoms with Crippen LogP contribution in [0.25, 0.3) is 11.3 Å². The van der Waals surface area contributed by atoms with Crippen LogP contribution in [-0.2, 0) is 6.54 Å². The van der Waals surface area contributed by atoms with E-state index in [2.05, 4.69) is 27.2 Å². The van der Waals surface area contributed by atoms with Gasteiger partial charge in [-0.05, 0) is 12.1 Å². The van der Waals surface area contributed by atoms with Crippen LogP contribution in [0.2, 0.25) is 0 Å². The molecule has 0 saturated carbocycles. The predicted octanol–water partition coefficient (Wildman–Crippen LogP) is 3.95. The Labute approximate surface area is 135 Å². The fourth-order valence-corrected chi connectivity index (χ4v) is 2.13. The van der Waals surface area contributed by atoms with Crippen molar-refractivity contribution in [2.45, 2.75) is 6.54 Å². The first-order valence-corrected chi connectivity index (χ1v) is 7.40. The fraction of sp³-hybridized carbons (Fsp3) is 0.111.